The maximum atomic E-state index is 10.00. The third-order valence-electron chi connectivity index (χ3n) is 3.98. The average Bonchev–Trinajstić information content (AvgIpc) is 2.54. The lowest BCUT2D eigenvalue weighted by atomic mass is 9.97. The molecule has 2 fully saturated rings. The molecule has 0 amide bonds. The van der Waals surface area contributed by atoms with Gasteiger partial charge in [0.15, 0.2) is 12.6 Å². The first-order chi connectivity index (χ1) is 10.8. The first kappa shape index (κ1) is 18.9. The molecule has 23 heavy (non-hydrogen) atoms. The lowest BCUT2D eigenvalue weighted by Crippen LogP contribution is -2.64. The van der Waals surface area contributed by atoms with Crippen molar-refractivity contribution in [3.63, 3.8) is 0 Å². The number of hydrogen-bond acceptors (Lipinski definition) is 11. The van der Waals surface area contributed by atoms with Crippen LogP contribution in [0.3, 0.4) is 0 Å². The Labute approximate surface area is 130 Å². The van der Waals surface area contributed by atoms with E-state index in [9.17, 15) is 30.6 Å². The first-order valence-electron chi connectivity index (χ1n) is 7.08. The van der Waals surface area contributed by atoms with Crippen molar-refractivity contribution < 1.29 is 55.1 Å². The molecule has 11 nitrogen and oxygen atoms in total. The highest BCUT2D eigenvalue weighted by atomic mass is 16.7. The van der Waals surface area contributed by atoms with Crippen LogP contribution in [-0.4, -0.2) is 115 Å². The van der Waals surface area contributed by atoms with Crippen LogP contribution in [0.4, 0.5) is 0 Å². The van der Waals surface area contributed by atoms with Crippen molar-refractivity contribution in [1.82, 2.24) is 0 Å². The molecule has 0 aromatic rings. The zero-order valence-electron chi connectivity index (χ0n) is 12.0. The average molecular weight is 342 g/mol. The molecule has 11 heteroatoms. The molecule has 0 radical (unpaired) electrons. The quantitative estimate of drug-likeness (QED) is 0.243. The lowest BCUT2D eigenvalue weighted by molar-refractivity contribution is -0.355. The van der Waals surface area contributed by atoms with Crippen molar-refractivity contribution in [1.29, 1.82) is 0 Å². The monoisotopic (exact) mass is 342 g/mol. The molecule has 2 aliphatic heterocycles. The van der Waals surface area contributed by atoms with E-state index in [4.69, 9.17) is 24.4 Å². The molecule has 10 atom stereocenters. The van der Waals surface area contributed by atoms with Crippen LogP contribution in [0.5, 0.6) is 0 Å². The van der Waals surface area contributed by atoms with Gasteiger partial charge >= 0.3 is 0 Å². The summed E-state index contributed by atoms with van der Waals surface area (Å²) in [5.41, 5.74) is 0. The fourth-order valence-electron chi connectivity index (χ4n) is 2.56. The Hall–Kier alpha value is -0.440. The topological polar surface area (TPSA) is 190 Å². The van der Waals surface area contributed by atoms with E-state index in [0.29, 0.717) is 0 Å². The van der Waals surface area contributed by atoms with Crippen LogP contribution < -0.4 is 0 Å². The van der Waals surface area contributed by atoms with Gasteiger partial charge in [0.25, 0.3) is 0 Å². The second-order valence-electron chi connectivity index (χ2n) is 5.53. The van der Waals surface area contributed by atoms with E-state index in [1.807, 2.05) is 0 Å². The van der Waals surface area contributed by atoms with E-state index in [0.717, 1.165) is 0 Å². The molecule has 0 aliphatic carbocycles. The zero-order valence-corrected chi connectivity index (χ0v) is 12.0. The Morgan fingerprint density at radius 1 is 0.652 bits per heavy atom. The Morgan fingerprint density at radius 3 is 1.78 bits per heavy atom. The Bertz CT molecular complexity index is 380. The van der Waals surface area contributed by atoms with Gasteiger partial charge in [0.1, 0.15) is 48.8 Å². The van der Waals surface area contributed by atoms with Crippen molar-refractivity contribution in [3.8, 4) is 0 Å². The highest BCUT2D eigenvalue weighted by Crippen LogP contribution is 2.28. The molecular formula is C12H22O11. The van der Waals surface area contributed by atoms with E-state index < -0.39 is 74.6 Å². The van der Waals surface area contributed by atoms with Gasteiger partial charge in [-0.1, -0.05) is 0 Å². The van der Waals surface area contributed by atoms with E-state index >= 15 is 0 Å². The summed E-state index contributed by atoms with van der Waals surface area (Å²) in [5.74, 6) is 0. The van der Waals surface area contributed by atoms with E-state index in [1.165, 1.54) is 0 Å². The molecule has 0 aromatic carbocycles. The van der Waals surface area contributed by atoms with Crippen LogP contribution in [0.25, 0.3) is 0 Å². The molecule has 136 valence electrons. The van der Waals surface area contributed by atoms with Crippen molar-refractivity contribution in [3.05, 3.63) is 0 Å². The van der Waals surface area contributed by atoms with Crippen LogP contribution in [0.2, 0.25) is 0 Å². The van der Waals surface area contributed by atoms with E-state index in [2.05, 4.69) is 0 Å². The third kappa shape index (κ3) is 3.65. The van der Waals surface area contributed by atoms with Gasteiger partial charge < -0.3 is 55.1 Å². The Balaban J connectivity index is 2.11. The summed E-state index contributed by atoms with van der Waals surface area (Å²) in [5, 5.41) is 76.8. The third-order valence-corrected chi connectivity index (χ3v) is 3.98. The van der Waals surface area contributed by atoms with Gasteiger partial charge in [-0.3, -0.25) is 0 Å². The first-order valence-corrected chi connectivity index (χ1v) is 7.08. The van der Waals surface area contributed by atoms with Gasteiger partial charge in [0.05, 0.1) is 13.2 Å². The highest BCUT2D eigenvalue weighted by Gasteiger charge is 2.50. The fourth-order valence-corrected chi connectivity index (χ4v) is 2.56. The minimum Gasteiger partial charge on any atom is -0.394 e. The molecule has 0 saturated carbocycles. The smallest absolute Gasteiger partial charge is 0.187 e. The molecule has 2 heterocycles. The summed E-state index contributed by atoms with van der Waals surface area (Å²) in [6.45, 7) is -1.34. The predicted molar refractivity (Wildman–Crippen MR) is 68.6 cm³/mol. The molecule has 2 saturated heterocycles. The minimum atomic E-state index is -1.76. The van der Waals surface area contributed by atoms with E-state index in [1.54, 1.807) is 0 Å². The van der Waals surface area contributed by atoms with Crippen molar-refractivity contribution in [2.75, 3.05) is 13.2 Å². The van der Waals surface area contributed by atoms with Gasteiger partial charge in [-0.25, -0.2) is 0 Å². The summed E-state index contributed by atoms with van der Waals surface area (Å²) >= 11 is 0. The van der Waals surface area contributed by atoms with Gasteiger partial charge in [-0.05, 0) is 0 Å². The van der Waals surface area contributed by atoms with Crippen molar-refractivity contribution >= 4 is 0 Å². The molecule has 2 rings (SSSR count). The molecule has 8 N–H and O–H groups in total. The maximum absolute atomic E-state index is 10.00. The van der Waals surface area contributed by atoms with E-state index in [-0.39, 0.29) is 0 Å². The summed E-state index contributed by atoms with van der Waals surface area (Å²) < 4.78 is 15.1. The van der Waals surface area contributed by atoms with Gasteiger partial charge in [-0.2, -0.15) is 0 Å². The van der Waals surface area contributed by atoms with Crippen LogP contribution in [0.1, 0.15) is 0 Å². The normalized spacial score (nSPS) is 51.7. The summed E-state index contributed by atoms with van der Waals surface area (Å²) in [7, 11) is 0. The SMILES string of the molecule is OCC1OC(O)C(O)[C@@H](O[C@H]2OC(CO)[C@H](O)C(O)C2O)C1O. The number of aliphatic hydroxyl groups excluding tert-OH is 8. The maximum Gasteiger partial charge on any atom is 0.187 e. The molecule has 0 aromatic heterocycles. The molecule has 2 aliphatic rings. The second-order valence-corrected chi connectivity index (χ2v) is 5.53. The second kappa shape index (κ2) is 7.63. The Morgan fingerprint density at radius 2 is 1.22 bits per heavy atom. The minimum absolute atomic E-state index is 0.667. The van der Waals surface area contributed by atoms with Gasteiger partial charge in [0.2, 0.25) is 0 Å². The van der Waals surface area contributed by atoms with Crippen molar-refractivity contribution in [2.45, 2.75) is 61.4 Å². The molecule has 0 bridgehead atoms. The lowest BCUT2D eigenvalue weighted by Gasteiger charge is -2.45. The highest BCUT2D eigenvalue weighted by molar-refractivity contribution is 4.93. The van der Waals surface area contributed by atoms with Gasteiger partial charge in [0, 0.05) is 0 Å². The summed E-state index contributed by atoms with van der Waals surface area (Å²) in [6, 6.07) is 0. The number of hydrogen-bond donors (Lipinski definition) is 8. The van der Waals surface area contributed by atoms with Crippen LogP contribution >= 0.6 is 0 Å². The van der Waals surface area contributed by atoms with Crippen LogP contribution in [0.15, 0.2) is 0 Å². The molecular weight excluding hydrogens is 320 g/mol. The standard InChI is InChI=1S/C12H22O11/c13-1-3-5(15)7(17)8(18)12(22-3)23-10-6(16)4(2-14)21-11(20)9(10)19/h3-20H,1-2H2/t3?,4?,5-,6?,7?,8?,9?,10-,11?,12+/m0/s1. The molecule has 0 spiro atoms. The van der Waals surface area contributed by atoms with Crippen LogP contribution in [-0.2, 0) is 14.2 Å². The fraction of sp³-hybridized carbons (Fsp3) is 1.00. The van der Waals surface area contributed by atoms with Gasteiger partial charge in [-0.15, -0.1) is 0 Å². The summed E-state index contributed by atoms with van der Waals surface area (Å²) in [4.78, 5) is 0. The van der Waals surface area contributed by atoms with Crippen molar-refractivity contribution in [2.24, 2.45) is 0 Å². The molecule has 7 unspecified atom stereocenters. The number of ether oxygens (including phenoxy) is 3. The summed E-state index contributed by atoms with van der Waals surface area (Å²) in [6.07, 6.45) is -15.7. The Kier molecular flexibility index (Phi) is 6.27. The zero-order chi connectivity index (χ0) is 17.3. The number of aliphatic hydroxyl groups is 8. The van der Waals surface area contributed by atoms with Crippen LogP contribution in [0, 0.1) is 0 Å². The predicted octanol–water partition coefficient (Wildman–Crippen LogP) is -5.40. The number of rotatable bonds is 4. The largest absolute Gasteiger partial charge is 0.394 e.